The van der Waals surface area contributed by atoms with Crippen molar-refractivity contribution in [3.8, 4) is 22.8 Å². The maximum absolute atomic E-state index is 13.1. The number of pyridine rings is 1. The van der Waals surface area contributed by atoms with Crippen LogP contribution in [-0.4, -0.2) is 24.8 Å². The standard InChI is InChI=1S/C27H18FN5O/c28-21-6-10-23(11-7-21)34-22-8-4-19(5-9-22)25-13-14-26-30-31-27(33(26)32-25)17-18-3-12-24-20(16-18)2-1-15-29-24/h1-16H,17H2. The molecule has 0 fully saturated rings. The smallest absolute Gasteiger partial charge is 0.177 e. The van der Waals surface area contributed by atoms with E-state index in [1.807, 2.05) is 54.6 Å². The first-order valence-electron chi connectivity index (χ1n) is 10.8. The Kier molecular flexibility index (Phi) is 4.92. The molecule has 0 radical (unpaired) electrons. The summed E-state index contributed by atoms with van der Waals surface area (Å²) in [6.45, 7) is 0. The minimum atomic E-state index is -0.296. The number of halogens is 1. The van der Waals surface area contributed by atoms with Crippen LogP contribution >= 0.6 is 0 Å². The Labute approximate surface area is 194 Å². The summed E-state index contributed by atoms with van der Waals surface area (Å²) in [5.41, 5.74) is 4.50. The zero-order chi connectivity index (χ0) is 22.9. The van der Waals surface area contributed by atoms with Crippen LogP contribution in [0.3, 0.4) is 0 Å². The van der Waals surface area contributed by atoms with Crippen LogP contribution in [0.25, 0.3) is 27.8 Å². The quantitative estimate of drug-likeness (QED) is 0.331. The van der Waals surface area contributed by atoms with Crippen LogP contribution in [0.1, 0.15) is 11.4 Å². The minimum Gasteiger partial charge on any atom is -0.457 e. The molecule has 0 aliphatic heterocycles. The Morgan fingerprint density at radius 2 is 1.59 bits per heavy atom. The number of ether oxygens (including phenoxy) is 1. The Morgan fingerprint density at radius 3 is 2.41 bits per heavy atom. The Hall–Kier alpha value is -4.65. The van der Waals surface area contributed by atoms with Gasteiger partial charge >= 0.3 is 0 Å². The Bertz CT molecular complexity index is 1610. The molecule has 6 rings (SSSR count). The molecule has 6 aromatic rings. The molecular weight excluding hydrogens is 429 g/mol. The largest absolute Gasteiger partial charge is 0.457 e. The van der Waals surface area contributed by atoms with E-state index >= 15 is 0 Å². The van der Waals surface area contributed by atoms with Gasteiger partial charge in [-0.2, -0.15) is 9.61 Å². The van der Waals surface area contributed by atoms with E-state index in [2.05, 4.69) is 27.3 Å². The Morgan fingerprint density at radius 1 is 0.794 bits per heavy atom. The summed E-state index contributed by atoms with van der Waals surface area (Å²) in [5, 5.41) is 14.5. The van der Waals surface area contributed by atoms with Crippen molar-refractivity contribution in [3.05, 3.63) is 114 Å². The van der Waals surface area contributed by atoms with Gasteiger partial charge in [0.15, 0.2) is 11.5 Å². The van der Waals surface area contributed by atoms with Crippen LogP contribution in [0.2, 0.25) is 0 Å². The lowest BCUT2D eigenvalue weighted by atomic mass is 10.1. The van der Waals surface area contributed by atoms with E-state index in [1.165, 1.54) is 12.1 Å². The van der Waals surface area contributed by atoms with E-state index in [1.54, 1.807) is 22.8 Å². The first-order chi connectivity index (χ1) is 16.7. The number of benzene rings is 3. The molecule has 0 bridgehead atoms. The van der Waals surface area contributed by atoms with E-state index < -0.39 is 0 Å². The zero-order valence-corrected chi connectivity index (χ0v) is 18.0. The molecule has 0 N–H and O–H groups in total. The molecule has 0 atom stereocenters. The molecule has 3 aromatic carbocycles. The van der Waals surface area contributed by atoms with Crippen molar-refractivity contribution in [2.45, 2.75) is 6.42 Å². The van der Waals surface area contributed by atoms with Gasteiger partial charge < -0.3 is 4.74 Å². The summed E-state index contributed by atoms with van der Waals surface area (Å²) in [7, 11) is 0. The predicted molar refractivity (Wildman–Crippen MR) is 127 cm³/mol. The molecule has 0 saturated carbocycles. The first kappa shape index (κ1) is 20.0. The lowest BCUT2D eigenvalue weighted by Gasteiger charge is -2.07. The maximum Gasteiger partial charge on any atom is 0.177 e. The fourth-order valence-corrected chi connectivity index (χ4v) is 3.85. The van der Waals surface area contributed by atoms with Crippen molar-refractivity contribution >= 4 is 16.6 Å². The molecule has 6 nitrogen and oxygen atoms in total. The number of fused-ring (bicyclic) bond motifs is 2. The molecule has 0 amide bonds. The second kappa shape index (κ2) is 8.37. The average molecular weight is 447 g/mol. The lowest BCUT2D eigenvalue weighted by molar-refractivity contribution is 0.480. The van der Waals surface area contributed by atoms with Crippen molar-refractivity contribution in [2.24, 2.45) is 0 Å². The highest BCUT2D eigenvalue weighted by Crippen LogP contribution is 2.25. The average Bonchev–Trinajstić information content (AvgIpc) is 3.28. The second-order valence-electron chi connectivity index (χ2n) is 7.89. The zero-order valence-electron chi connectivity index (χ0n) is 18.0. The molecule has 0 saturated heterocycles. The van der Waals surface area contributed by atoms with E-state index in [-0.39, 0.29) is 5.82 Å². The molecule has 3 aromatic heterocycles. The van der Waals surface area contributed by atoms with E-state index in [0.717, 1.165) is 33.5 Å². The molecule has 0 spiro atoms. The Balaban J connectivity index is 1.26. The highest BCUT2D eigenvalue weighted by Gasteiger charge is 2.11. The van der Waals surface area contributed by atoms with Gasteiger partial charge in [0.25, 0.3) is 0 Å². The molecule has 0 aliphatic carbocycles. The molecule has 0 unspecified atom stereocenters. The lowest BCUT2D eigenvalue weighted by Crippen LogP contribution is -2.01. The molecule has 3 heterocycles. The number of rotatable bonds is 5. The number of hydrogen-bond acceptors (Lipinski definition) is 5. The van der Waals surface area contributed by atoms with Crippen LogP contribution in [0, 0.1) is 5.82 Å². The van der Waals surface area contributed by atoms with Crippen LogP contribution in [0.5, 0.6) is 11.5 Å². The van der Waals surface area contributed by atoms with Gasteiger partial charge in [-0.25, -0.2) is 4.39 Å². The fourth-order valence-electron chi connectivity index (χ4n) is 3.85. The molecule has 0 aliphatic rings. The number of hydrogen-bond donors (Lipinski definition) is 0. The third-order valence-electron chi connectivity index (χ3n) is 5.56. The third-order valence-corrected chi connectivity index (χ3v) is 5.56. The molecule has 7 heteroatoms. The SMILES string of the molecule is Fc1ccc(Oc2ccc(-c3ccc4nnc(Cc5ccc6ncccc6c5)n4n3)cc2)cc1. The van der Waals surface area contributed by atoms with Gasteiger partial charge in [-0.15, -0.1) is 10.2 Å². The summed E-state index contributed by atoms with van der Waals surface area (Å²) < 4.78 is 20.7. The summed E-state index contributed by atoms with van der Waals surface area (Å²) in [6.07, 6.45) is 2.40. The maximum atomic E-state index is 13.1. The topological polar surface area (TPSA) is 65.2 Å². The van der Waals surface area contributed by atoms with Gasteiger partial charge in [-0.1, -0.05) is 12.1 Å². The van der Waals surface area contributed by atoms with Crippen LogP contribution in [0.4, 0.5) is 4.39 Å². The summed E-state index contributed by atoms with van der Waals surface area (Å²) in [6, 6.07) is 27.5. The van der Waals surface area contributed by atoms with Crippen LogP contribution < -0.4 is 4.74 Å². The number of aromatic nitrogens is 5. The summed E-state index contributed by atoms with van der Waals surface area (Å²) in [4.78, 5) is 4.38. The predicted octanol–water partition coefficient (Wildman–Crippen LogP) is 5.86. The molecule has 34 heavy (non-hydrogen) atoms. The van der Waals surface area contributed by atoms with Crippen molar-refractivity contribution in [1.29, 1.82) is 0 Å². The van der Waals surface area contributed by atoms with Gasteiger partial charge in [0.05, 0.1) is 11.2 Å². The summed E-state index contributed by atoms with van der Waals surface area (Å²) >= 11 is 0. The normalized spacial score (nSPS) is 11.2. The second-order valence-corrected chi connectivity index (χ2v) is 7.89. The van der Waals surface area contributed by atoms with Gasteiger partial charge in [0, 0.05) is 23.6 Å². The first-order valence-corrected chi connectivity index (χ1v) is 10.8. The van der Waals surface area contributed by atoms with Gasteiger partial charge in [-0.05, 0) is 84.4 Å². The monoisotopic (exact) mass is 447 g/mol. The van der Waals surface area contributed by atoms with Crippen LogP contribution in [-0.2, 0) is 6.42 Å². The van der Waals surface area contributed by atoms with Crippen molar-refractivity contribution < 1.29 is 9.13 Å². The minimum absolute atomic E-state index is 0.296. The van der Waals surface area contributed by atoms with E-state index in [9.17, 15) is 4.39 Å². The van der Waals surface area contributed by atoms with Gasteiger partial charge in [-0.3, -0.25) is 4.98 Å². The fraction of sp³-hybridized carbons (Fsp3) is 0.0370. The van der Waals surface area contributed by atoms with E-state index in [0.29, 0.717) is 23.6 Å². The number of nitrogens with zero attached hydrogens (tertiary/aromatic N) is 5. The molecule has 164 valence electrons. The molecular formula is C27H18FN5O. The third kappa shape index (κ3) is 3.95. The van der Waals surface area contributed by atoms with Gasteiger partial charge in [0.2, 0.25) is 0 Å². The highest BCUT2D eigenvalue weighted by molar-refractivity contribution is 5.79. The summed E-state index contributed by atoms with van der Waals surface area (Å²) in [5.74, 6) is 1.70. The van der Waals surface area contributed by atoms with E-state index in [4.69, 9.17) is 9.84 Å². The van der Waals surface area contributed by atoms with Crippen molar-refractivity contribution in [3.63, 3.8) is 0 Å². The van der Waals surface area contributed by atoms with Crippen molar-refractivity contribution in [1.82, 2.24) is 24.8 Å². The van der Waals surface area contributed by atoms with Crippen molar-refractivity contribution in [2.75, 3.05) is 0 Å². The van der Waals surface area contributed by atoms with Crippen LogP contribution in [0.15, 0.2) is 97.2 Å². The highest BCUT2D eigenvalue weighted by atomic mass is 19.1. The van der Waals surface area contributed by atoms with Gasteiger partial charge in [0.1, 0.15) is 17.3 Å².